The van der Waals surface area contributed by atoms with Gasteiger partial charge in [0.15, 0.2) is 0 Å². The molecule has 0 aromatic heterocycles. The van der Waals surface area contributed by atoms with E-state index in [9.17, 15) is 0 Å². The average Bonchev–Trinajstić information content (AvgIpc) is 2.17. The molecule has 78 valence electrons. The molecule has 0 heterocycles. The van der Waals surface area contributed by atoms with Crippen molar-refractivity contribution in [2.45, 2.75) is 32.8 Å². The summed E-state index contributed by atoms with van der Waals surface area (Å²) in [6.45, 7) is 4.94. The highest BCUT2D eigenvalue weighted by molar-refractivity contribution is 5.41. The van der Waals surface area contributed by atoms with Crippen LogP contribution in [0.15, 0.2) is 24.3 Å². The van der Waals surface area contributed by atoms with Crippen LogP contribution in [0.25, 0.3) is 0 Å². The lowest BCUT2D eigenvalue weighted by molar-refractivity contribution is 0.0557. The van der Waals surface area contributed by atoms with Gasteiger partial charge in [0, 0.05) is 12.3 Å². The van der Waals surface area contributed by atoms with E-state index in [1.54, 1.807) is 0 Å². The molecule has 1 rings (SSSR count). The third-order valence-corrected chi connectivity index (χ3v) is 2.20. The quantitative estimate of drug-likeness (QED) is 0.729. The zero-order chi connectivity index (χ0) is 10.4. The van der Waals surface area contributed by atoms with E-state index in [0.29, 0.717) is 0 Å². The number of hydrogen-bond donors (Lipinski definition) is 1. The van der Waals surface area contributed by atoms with E-state index in [2.05, 4.69) is 13.0 Å². The first-order valence-electron chi connectivity index (χ1n) is 5.25. The number of ether oxygens (including phenoxy) is 1. The van der Waals surface area contributed by atoms with E-state index in [0.717, 1.165) is 25.1 Å². The van der Waals surface area contributed by atoms with Crippen LogP contribution in [0.3, 0.4) is 0 Å². The van der Waals surface area contributed by atoms with Gasteiger partial charge < -0.3 is 10.5 Å². The monoisotopic (exact) mass is 193 g/mol. The van der Waals surface area contributed by atoms with Crippen LogP contribution in [0.5, 0.6) is 0 Å². The van der Waals surface area contributed by atoms with Crippen molar-refractivity contribution >= 4 is 5.69 Å². The molecule has 0 saturated heterocycles. The van der Waals surface area contributed by atoms with Gasteiger partial charge in [0.25, 0.3) is 0 Å². The van der Waals surface area contributed by atoms with Crippen LogP contribution in [-0.2, 0) is 4.74 Å². The largest absolute Gasteiger partial charge is 0.399 e. The zero-order valence-electron chi connectivity index (χ0n) is 8.99. The van der Waals surface area contributed by atoms with Crippen LogP contribution in [0, 0.1) is 0 Å². The molecule has 0 aliphatic carbocycles. The smallest absolute Gasteiger partial charge is 0.0825 e. The second-order valence-corrected chi connectivity index (χ2v) is 3.40. The number of hydrogen-bond acceptors (Lipinski definition) is 2. The lowest BCUT2D eigenvalue weighted by atomic mass is 10.0. The Bertz CT molecular complexity index is 267. The SMILES string of the molecule is CCCC(OCC)c1cccc(N)c1. The Hall–Kier alpha value is -1.02. The molecule has 2 heteroatoms. The van der Waals surface area contributed by atoms with Gasteiger partial charge in [-0.25, -0.2) is 0 Å². The van der Waals surface area contributed by atoms with Crippen molar-refractivity contribution in [1.82, 2.24) is 0 Å². The predicted octanol–water partition coefficient (Wildman–Crippen LogP) is 3.15. The van der Waals surface area contributed by atoms with Crippen LogP contribution in [0.4, 0.5) is 5.69 Å². The maximum atomic E-state index is 5.73. The normalized spacial score (nSPS) is 12.7. The summed E-state index contributed by atoms with van der Waals surface area (Å²) in [6.07, 6.45) is 2.38. The topological polar surface area (TPSA) is 35.2 Å². The lowest BCUT2D eigenvalue weighted by Gasteiger charge is -2.16. The van der Waals surface area contributed by atoms with Gasteiger partial charge in [0.05, 0.1) is 6.10 Å². The summed E-state index contributed by atoms with van der Waals surface area (Å²) in [5.41, 5.74) is 7.73. The minimum absolute atomic E-state index is 0.202. The first-order valence-corrected chi connectivity index (χ1v) is 5.25. The van der Waals surface area contributed by atoms with E-state index in [1.807, 2.05) is 25.1 Å². The third-order valence-electron chi connectivity index (χ3n) is 2.20. The highest BCUT2D eigenvalue weighted by Gasteiger charge is 2.09. The molecule has 0 radical (unpaired) electrons. The lowest BCUT2D eigenvalue weighted by Crippen LogP contribution is -2.04. The van der Waals surface area contributed by atoms with Gasteiger partial charge in [-0.05, 0) is 31.0 Å². The highest BCUT2D eigenvalue weighted by Crippen LogP contribution is 2.23. The van der Waals surface area contributed by atoms with E-state index < -0.39 is 0 Å². The molecule has 2 nitrogen and oxygen atoms in total. The maximum absolute atomic E-state index is 5.73. The molecule has 1 aromatic carbocycles. The number of anilines is 1. The zero-order valence-corrected chi connectivity index (χ0v) is 8.99. The summed E-state index contributed by atoms with van der Waals surface area (Å²) in [7, 11) is 0. The van der Waals surface area contributed by atoms with E-state index in [4.69, 9.17) is 10.5 Å². The first-order chi connectivity index (χ1) is 6.77. The molecule has 0 saturated carbocycles. The van der Waals surface area contributed by atoms with E-state index >= 15 is 0 Å². The molecule has 1 aromatic rings. The molecule has 1 unspecified atom stereocenters. The Balaban J connectivity index is 2.75. The minimum atomic E-state index is 0.202. The number of nitrogen functional groups attached to an aromatic ring is 1. The van der Waals surface area contributed by atoms with Crippen LogP contribution in [-0.4, -0.2) is 6.61 Å². The van der Waals surface area contributed by atoms with E-state index in [1.165, 1.54) is 5.56 Å². The van der Waals surface area contributed by atoms with Crippen LogP contribution in [0.2, 0.25) is 0 Å². The molecule has 0 fully saturated rings. The molecule has 0 aliphatic rings. The van der Waals surface area contributed by atoms with Crippen molar-refractivity contribution in [3.8, 4) is 0 Å². The fourth-order valence-corrected chi connectivity index (χ4v) is 1.57. The molecule has 0 bridgehead atoms. The van der Waals surface area contributed by atoms with Gasteiger partial charge in [-0.2, -0.15) is 0 Å². The van der Waals surface area contributed by atoms with Gasteiger partial charge in [-0.3, -0.25) is 0 Å². The van der Waals surface area contributed by atoms with Crippen LogP contribution in [0.1, 0.15) is 38.4 Å². The summed E-state index contributed by atoms with van der Waals surface area (Å²) in [5, 5.41) is 0. The number of nitrogens with two attached hydrogens (primary N) is 1. The molecular weight excluding hydrogens is 174 g/mol. The number of rotatable bonds is 5. The van der Waals surface area contributed by atoms with Crippen LogP contribution < -0.4 is 5.73 Å². The Labute approximate surface area is 86.1 Å². The molecule has 0 aliphatic heterocycles. The second kappa shape index (κ2) is 5.66. The molecule has 14 heavy (non-hydrogen) atoms. The van der Waals surface area contributed by atoms with E-state index in [-0.39, 0.29) is 6.10 Å². The summed E-state index contributed by atoms with van der Waals surface area (Å²) in [6, 6.07) is 7.95. The summed E-state index contributed by atoms with van der Waals surface area (Å²) in [4.78, 5) is 0. The van der Waals surface area contributed by atoms with Gasteiger partial charge in [0.2, 0.25) is 0 Å². The minimum Gasteiger partial charge on any atom is -0.399 e. The fraction of sp³-hybridized carbons (Fsp3) is 0.500. The second-order valence-electron chi connectivity index (χ2n) is 3.40. The van der Waals surface area contributed by atoms with Crippen molar-refractivity contribution in [2.75, 3.05) is 12.3 Å². The highest BCUT2D eigenvalue weighted by atomic mass is 16.5. The van der Waals surface area contributed by atoms with Crippen molar-refractivity contribution < 1.29 is 4.74 Å². The van der Waals surface area contributed by atoms with Gasteiger partial charge >= 0.3 is 0 Å². The third kappa shape index (κ3) is 3.04. The van der Waals surface area contributed by atoms with Crippen LogP contribution >= 0.6 is 0 Å². The Kier molecular flexibility index (Phi) is 4.47. The summed E-state index contributed by atoms with van der Waals surface area (Å²) in [5.74, 6) is 0. The van der Waals surface area contributed by atoms with Crippen molar-refractivity contribution in [1.29, 1.82) is 0 Å². The number of benzene rings is 1. The molecular formula is C12H19NO. The standard InChI is InChI=1S/C12H19NO/c1-3-6-12(14-4-2)10-7-5-8-11(13)9-10/h5,7-9,12H,3-4,6,13H2,1-2H3. The fourth-order valence-electron chi connectivity index (χ4n) is 1.57. The van der Waals surface area contributed by atoms with Gasteiger partial charge in [-0.15, -0.1) is 0 Å². The summed E-state index contributed by atoms with van der Waals surface area (Å²) < 4.78 is 5.67. The Morgan fingerprint density at radius 2 is 2.14 bits per heavy atom. The van der Waals surface area contributed by atoms with Gasteiger partial charge in [0.1, 0.15) is 0 Å². The Morgan fingerprint density at radius 3 is 2.71 bits per heavy atom. The average molecular weight is 193 g/mol. The molecule has 1 atom stereocenters. The van der Waals surface area contributed by atoms with Crippen molar-refractivity contribution in [3.63, 3.8) is 0 Å². The molecule has 0 amide bonds. The molecule has 2 N–H and O–H groups in total. The summed E-state index contributed by atoms with van der Waals surface area (Å²) >= 11 is 0. The Morgan fingerprint density at radius 1 is 1.36 bits per heavy atom. The van der Waals surface area contributed by atoms with Gasteiger partial charge in [-0.1, -0.05) is 25.5 Å². The molecule has 0 spiro atoms. The van der Waals surface area contributed by atoms with Crippen molar-refractivity contribution in [3.05, 3.63) is 29.8 Å². The first kappa shape index (κ1) is 11.1. The van der Waals surface area contributed by atoms with Crippen molar-refractivity contribution in [2.24, 2.45) is 0 Å². The predicted molar refractivity (Wildman–Crippen MR) is 60.1 cm³/mol. The maximum Gasteiger partial charge on any atom is 0.0825 e.